The Kier molecular flexibility index (Phi) is 7.01. The van der Waals surface area contributed by atoms with Gasteiger partial charge in [0.25, 0.3) is 0 Å². The zero-order valence-corrected chi connectivity index (χ0v) is 19.7. The van der Waals surface area contributed by atoms with Gasteiger partial charge in [-0.05, 0) is 60.7 Å². The molecular formula is C28H33NO4. The number of hydrogen-bond acceptors (Lipinski definition) is 4. The first kappa shape index (κ1) is 23.3. The molecule has 3 aromatic rings. The lowest BCUT2D eigenvalue weighted by molar-refractivity contribution is -0.0359. The third-order valence-corrected chi connectivity index (χ3v) is 6.05. The number of hydrogen-bond donors (Lipinski definition) is 1. The first-order valence-electron chi connectivity index (χ1n) is 11.6. The van der Waals surface area contributed by atoms with E-state index in [1.807, 2.05) is 51.1 Å². The van der Waals surface area contributed by atoms with Gasteiger partial charge in [0, 0.05) is 12.5 Å². The van der Waals surface area contributed by atoms with Crippen LogP contribution in [-0.4, -0.2) is 40.9 Å². The molecule has 1 amide bonds. The van der Waals surface area contributed by atoms with E-state index in [1.54, 1.807) is 4.90 Å². The molecule has 2 unspecified atom stereocenters. The highest BCUT2D eigenvalue weighted by Crippen LogP contribution is 2.32. The first-order valence-corrected chi connectivity index (χ1v) is 11.6. The fourth-order valence-corrected chi connectivity index (χ4v) is 4.41. The number of fused-ring (bicyclic) bond motifs is 1. The van der Waals surface area contributed by atoms with Gasteiger partial charge in [-0.3, -0.25) is 0 Å². The Morgan fingerprint density at radius 3 is 2.55 bits per heavy atom. The van der Waals surface area contributed by atoms with Crippen molar-refractivity contribution in [2.75, 3.05) is 13.1 Å². The summed E-state index contributed by atoms with van der Waals surface area (Å²) in [5, 5.41) is 12.0. The molecule has 2 atom stereocenters. The van der Waals surface area contributed by atoms with Gasteiger partial charge in [0.05, 0.1) is 25.9 Å². The summed E-state index contributed by atoms with van der Waals surface area (Å²) in [6.45, 7) is 7.19. The maximum atomic E-state index is 12.7. The Morgan fingerprint density at radius 2 is 1.79 bits per heavy atom. The van der Waals surface area contributed by atoms with E-state index in [-0.39, 0.29) is 24.7 Å². The number of aliphatic hydroxyl groups is 1. The van der Waals surface area contributed by atoms with E-state index in [0.717, 1.165) is 23.1 Å². The standard InChI is InChI=1S/C28H33NO4/c1-28(2,3)33-27(31)29-14-13-25(24-10-6-7-20(15-24)18-30)26(17-29)32-19-21-11-12-22-8-4-5-9-23(22)16-21/h4-12,15-16,25-26,30H,13-14,17-19H2,1-3H3. The van der Waals surface area contributed by atoms with Crippen LogP contribution in [0.4, 0.5) is 4.79 Å². The van der Waals surface area contributed by atoms with Gasteiger partial charge in [0.15, 0.2) is 0 Å². The molecule has 5 heteroatoms. The molecular weight excluding hydrogens is 414 g/mol. The van der Waals surface area contributed by atoms with Gasteiger partial charge in [-0.15, -0.1) is 0 Å². The number of benzene rings is 3. The second kappa shape index (κ2) is 9.94. The van der Waals surface area contributed by atoms with Crippen molar-refractivity contribution in [1.82, 2.24) is 4.90 Å². The molecule has 0 saturated carbocycles. The molecule has 1 aliphatic heterocycles. The number of ether oxygens (including phenoxy) is 2. The molecule has 174 valence electrons. The van der Waals surface area contributed by atoms with E-state index in [9.17, 15) is 9.90 Å². The van der Waals surface area contributed by atoms with Crippen molar-refractivity contribution in [3.8, 4) is 0 Å². The molecule has 0 aliphatic carbocycles. The van der Waals surface area contributed by atoms with Crippen LogP contribution in [0.25, 0.3) is 10.8 Å². The summed E-state index contributed by atoms with van der Waals surface area (Å²) in [5.74, 6) is 0.135. The van der Waals surface area contributed by atoms with Crippen LogP contribution in [0.1, 0.15) is 49.8 Å². The van der Waals surface area contributed by atoms with Gasteiger partial charge in [-0.1, -0.05) is 60.7 Å². The number of aliphatic hydroxyl groups excluding tert-OH is 1. The number of piperidine rings is 1. The van der Waals surface area contributed by atoms with Crippen LogP contribution in [0.15, 0.2) is 66.7 Å². The molecule has 3 aromatic carbocycles. The zero-order valence-electron chi connectivity index (χ0n) is 19.7. The van der Waals surface area contributed by atoms with Crippen LogP contribution in [0, 0.1) is 0 Å². The number of amides is 1. The average molecular weight is 448 g/mol. The van der Waals surface area contributed by atoms with Crippen molar-refractivity contribution in [3.63, 3.8) is 0 Å². The first-order chi connectivity index (χ1) is 15.8. The van der Waals surface area contributed by atoms with Crippen LogP contribution in [0.3, 0.4) is 0 Å². The Morgan fingerprint density at radius 1 is 1.00 bits per heavy atom. The summed E-state index contributed by atoms with van der Waals surface area (Å²) < 4.78 is 12.1. The maximum Gasteiger partial charge on any atom is 0.410 e. The quantitative estimate of drug-likeness (QED) is 0.550. The van der Waals surface area contributed by atoms with Gasteiger partial charge < -0.3 is 19.5 Å². The fraction of sp³-hybridized carbons (Fsp3) is 0.393. The highest BCUT2D eigenvalue weighted by atomic mass is 16.6. The molecule has 1 heterocycles. The fourth-order valence-electron chi connectivity index (χ4n) is 4.41. The molecule has 1 aliphatic rings. The summed E-state index contributed by atoms with van der Waals surface area (Å²) in [7, 11) is 0. The Labute approximate surface area is 195 Å². The largest absolute Gasteiger partial charge is 0.444 e. The van der Waals surface area contributed by atoms with Crippen LogP contribution < -0.4 is 0 Å². The van der Waals surface area contributed by atoms with E-state index >= 15 is 0 Å². The van der Waals surface area contributed by atoms with Crippen LogP contribution in [0.5, 0.6) is 0 Å². The van der Waals surface area contributed by atoms with Crippen LogP contribution in [-0.2, 0) is 22.7 Å². The van der Waals surface area contributed by atoms with Gasteiger partial charge in [0.1, 0.15) is 5.60 Å². The third-order valence-electron chi connectivity index (χ3n) is 6.05. The molecule has 1 fully saturated rings. The van der Waals surface area contributed by atoms with E-state index in [1.165, 1.54) is 10.8 Å². The lowest BCUT2D eigenvalue weighted by atomic mass is 9.86. The van der Waals surface area contributed by atoms with Crippen LogP contribution >= 0.6 is 0 Å². The van der Waals surface area contributed by atoms with Gasteiger partial charge in [-0.2, -0.15) is 0 Å². The van der Waals surface area contributed by atoms with Crippen LogP contribution in [0.2, 0.25) is 0 Å². The molecule has 0 aromatic heterocycles. The number of rotatable bonds is 5. The maximum absolute atomic E-state index is 12.7. The minimum Gasteiger partial charge on any atom is -0.444 e. The lowest BCUT2D eigenvalue weighted by Crippen LogP contribution is -2.48. The third kappa shape index (κ3) is 5.92. The minimum atomic E-state index is -0.537. The molecule has 1 saturated heterocycles. The summed E-state index contributed by atoms with van der Waals surface area (Å²) >= 11 is 0. The molecule has 33 heavy (non-hydrogen) atoms. The molecule has 5 nitrogen and oxygen atoms in total. The number of carbonyl (C=O) groups is 1. The van der Waals surface area contributed by atoms with Crippen molar-refractivity contribution in [2.24, 2.45) is 0 Å². The van der Waals surface area contributed by atoms with Crippen molar-refractivity contribution in [1.29, 1.82) is 0 Å². The molecule has 1 N–H and O–H groups in total. The number of nitrogens with zero attached hydrogens (tertiary/aromatic N) is 1. The summed E-state index contributed by atoms with van der Waals surface area (Å²) in [6.07, 6.45) is 0.298. The van der Waals surface area contributed by atoms with Crippen molar-refractivity contribution < 1.29 is 19.4 Å². The number of carbonyl (C=O) groups excluding carboxylic acids is 1. The van der Waals surface area contributed by atoms with E-state index in [0.29, 0.717) is 19.7 Å². The van der Waals surface area contributed by atoms with E-state index < -0.39 is 5.60 Å². The van der Waals surface area contributed by atoms with Crippen molar-refractivity contribution >= 4 is 16.9 Å². The molecule has 0 radical (unpaired) electrons. The van der Waals surface area contributed by atoms with Crippen molar-refractivity contribution in [3.05, 3.63) is 83.4 Å². The Balaban J connectivity index is 1.53. The second-order valence-electron chi connectivity index (χ2n) is 9.76. The number of likely N-dealkylation sites (tertiary alicyclic amines) is 1. The average Bonchev–Trinajstić information content (AvgIpc) is 2.81. The van der Waals surface area contributed by atoms with E-state index in [2.05, 4.69) is 36.4 Å². The van der Waals surface area contributed by atoms with Gasteiger partial charge in [-0.25, -0.2) is 4.79 Å². The minimum absolute atomic E-state index is 0.00715. The molecule has 0 spiro atoms. The van der Waals surface area contributed by atoms with Gasteiger partial charge in [0.2, 0.25) is 0 Å². The zero-order chi connectivity index (χ0) is 23.4. The second-order valence-corrected chi connectivity index (χ2v) is 9.76. The summed E-state index contributed by atoms with van der Waals surface area (Å²) in [4.78, 5) is 14.5. The topological polar surface area (TPSA) is 59.0 Å². The highest BCUT2D eigenvalue weighted by Gasteiger charge is 2.35. The Bertz CT molecular complexity index is 1100. The van der Waals surface area contributed by atoms with Crippen molar-refractivity contribution in [2.45, 2.75) is 58.0 Å². The summed E-state index contributed by atoms with van der Waals surface area (Å²) in [6, 6.07) is 22.7. The highest BCUT2D eigenvalue weighted by molar-refractivity contribution is 5.82. The predicted octanol–water partition coefficient (Wildman–Crippen LogP) is 5.64. The predicted molar refractivity (Wildman–Crippen MR) is 130 cm³/mol. The Hall–Kier alpha value is -2.89. The smallest absolute Gasteiger partial charge is 0.410 e. The lowest BCUT2D eigenvalue weighted by Gasteiger charge is -2.39. The molecule has 0 bridgehead atoms. The molecule has 4 rings (SSSR count). The SMILES string of the molecule is CC(C)(C)OC(=O)N1CCC(c2cccc(CO)c2)C(OCc2ccc3ccccc3c2)C1. The van der Waals surface area contributed by atoms with E-state index in [4.69, 9.17) is 9.47 Å². The summed E-state index contributed by atoms with van der Waals surface area (Å²) in [5.41, 5.74) is 2.58. The van der Waals surface area contributed by atoms with Gasteiger partial charge >= 0.3 is 6.09 Å². The normalized spacial score (nSPS) is 19.0. The monoisotopic (exact) mass is 447 g/mol.